The summed E-state index contributed by atoms with van der Waals surface area (Å²) in [6, 6.07) is 3.19. The minimum Gasteiger partial charge on any atom is -0.480 e. The van der Waals surface area contributed by atoms with Crippen LogP contribution in [0.4, 0.5) is 0 Å². The van der Waals surface area contributed by atoms with Gasteiger partial charge in [0.2, 0.25) is 0 Å². The lowest BCUT2D eigenvalue weighted by Crippen LogP contribution is -2.46. The maximum absolute atomic E-state index is 12.4. The van der Waals surface area contributed by atoms with E-state index in [2.05, 4.69) is 0 Å². The number of hydrogen-bond donors (Lipinski definition) is 1. The van der Waals surface area contributed by atoms with Gasteiger partial charge in [0.15, 0.2) is 0 Å². The third-order valence-corrected chi connectivity index (χ3v) is 7.17. The molecule has 0 radical (unpaired) electrons. The second kappa shape index (κ2) is 6.62. The predicted molar refractivity (Wildman–Crippen MR) is 81.4 cm³/mol. The van der Waals surface area contributed by atoms with Gasteiger partial charge in [-0.05, 0) is 32.0 Å². The van der Waals surface area contributed by atoms with E-state index in [-0.39, 0.29) is 16.8 Å². The summed E-state index contributed by atoms with van der Waals surface area (Å²) in [6.07, 6.45) is 1.25. The Morgan fingerprint density at radius 1 is 1.48 bits per heavy atom. The minimum atomic E-state index is -3.48. The molecule has 0 bridgehead atoms. The first-order valence-electron chi connectivity index (χ1n) is 6.48. The topological polar surface area (TPSA) is 77.9 Å². The fourth-order valence-electron chi connectivity index (χ4n) is 2.43. The Balaban J connectivity index is 1.99. The predicted octanol–water partition coefficient (Wildman–Crippen LogP) is 1.57. The van der Waals surface area contributed by atoms with E-state index in [1.807, 2.05) is 0 Å². The van der Waals surface area contributed by atoms with Gasteiger partial charge in [-0.3, -0.25) is 9.69 Å². The summed E-state index contributed by atoms with van der Waals surface area (Å²) < 4.78 is 27.0. The Bertz CT molecular complexity index is 609. The number of likely N-dealkylation sites (N-methyl/N-ethyl adjacent to an activating group) is 1. The van der Waals surface area contributed by atoms with Crippen LogP contribution < -0.4 is 0 Å². The van der Waals surface area contributed by atoms with Crippen molar-refractivity contribution in [2.24, 2.45) is 0 Å². The van der Waals surface area contributed by atoms with Gasteiger partial charge in [-0.25, -0.2) is 8.42 Å². The van der Waals surface area contributed by atoms with Crippen LogP contribution in [0.5, 0.6) is 0 Å². The van der Waals surface area contributed by atoms with E-state index in [9.17, 15) is 13.2 Å². The van der Waals surface area contributed by atoms with Crippen LogP contribution in [-0.2, 0) is 14.8 Å². The summed E-state index contributed by atoms with van der Waals surface area (Å²) in [5.41, 5.74) is 0. The quantitative estimate of drug-likeness (QED) is 0.870. The van der Waals surface area contributed by atoms with Crippen molar-refractivity contribution in [2.75, 3.05) is 26.7 Å². The smallest absolute Gasteiger partial charge is 0.317 e. The van der Waals surface area contributed by atoms with Crippen LogP contribution in [0.2, 0.25) is 4.34 Å². The van der Waals surface area contributed by atoms with E-state index >= 15 is 0 Å². The Morgan fingerprint density at radius 2 is 2.10 bits per heavy atom. The van der Waals surface area contributed by atoms with Crippen LogP contribution in [0.1, 0.15) is 12.8 Å². The maximum atomic E-state index is 12.4. The van der Waals surface area contributed by atoms with E-state index in [1.54, 1.807) is 18.0 Å². The van der Waals surface area contributed by atoms with E-state index in [0.717, 1.165) is 11.3 Å². The van der Waals surface area contributed by atoms with E-state index in [4.69, 9.17) is 16.7 Å². The summed E-state index contributed by atoms with van der Waals surface area (Å²) in [5, 5.41) is 8.79. The molecule has 0 amide bonds. The monoisotopic (exact) mass is 352 g/mol. The Hall–Kier alpha value is -0.670. The minimum absolute atomic E-state index is 0.0298. The molecule has 1 fully saturated rings. The Kier molecular flexibility index (Phi) is 5.26. The fourth-order valence-corrected chi connectivity index (χ4v) is 5.54. The first-order chi connectivity index (χ1) is 9.80. The molecule has 1 aliphatic heterocycles. The molecule has 0 atom stereocenters. The number of rotatable bonds is 5. The summed E-state index contributed by atoms with van der Waals surface area (Å²) >= 11 is 6.84. The highest BCUT2D eigenvalue weighted by atomic mass is 35.5. The van der Waals surface area contributed by atoms with Crippen molar-refractivity contribution in [3.8, 4) is 0 Å². The maximum Gasteiger partial charge on any atom is 0.317 e. The molecule has 1 aromatic heterocycles. The number of carboxylic acid groups (broad SMARTS) is 1. The van der Waals surface area contributed by atoms with Crippen molar-refractivity contribution in [1.82, 2.24) is 9.21 Å². The average Bonchev–Trinajstić information content (AvgIpc) is 2.85. The lowest BCUT2D eigenvalue weighted by atomic mass is 10.1. The van der Waals surface area contributed by atoms with Gasteiger partial charge in [0, 0.05) is 19.1 Å². The molecule has 0 aromatic carbocycles. The molecule has 0 saturated carbocycles. The number of nitrogens with zero attached hydrogens (tertiary/aromatic N) is 2. The van der Waals surface area contributed by atoms with E-state index in [0.29, 0.717) is 30.3 Å². The number of thiophene rings is 1. The Morgan fingerprint density at radius 3 is 2.57 bits per heavy atom. The average molecular weight is 353 g/mol. The SMILES string of the molecule is CN(CC(=O)O)C1CCN(S(=O)(=O)c2ccc(Cl)s2)CC1. The molecule has 1 aromatic rings. The molecule has 1 aliphatic rings. The fraction of sp³-hybridized carbons (Fsp3) is 0.583. The molecule has 21 heavy (non-hydrogen) atoms. The lowest BCUT2D eigenvalue weighted by molar-refractivity contribution is -0.138. The van der Waals surface area contributed by atoms with Gasteiger partial charge >= 0.3 is 5.97 Å². The van der Waals surface area contributed by atoms with Gasteiger partial charge in [-0.15, -0.1) is 11.3 Å². The Labute approximate surface area is 133 Å². The first-order valence-corrected chi connectivity index (χ1v) is 9.11. The van der Waals surface area contributed by atoms with Gasteiger partial charge in [-0.1, -0.05) is 11.6 Å². The molecule has 0 aliphatic carbocycles. The van der Waals surface area contributed by atoms with Crippen LogP contribution in [0, 0.1) is 0 Å². The summed E-state index contributed by atoms with van der Waals surface area (Å²) in [5.74, 6) is -0.874. The molecular formula is C12H17ClN2O4S2. The highest BCUT2D eigenvalue weighted by Crippen LogP contribution is 2.30. The van der Waals surface area contributed by atoms with Crippen molar-refractivity contribution in [2.45, 2.75) is 23.1 Å². The van der Waals surface area contributed by atoms with E-state index < -0.39 is 16.0 Å². The highest BCUT2D eigenvalue weighted by molar-refractivity contribution is 7.91. The van der Waals surface area contributed by atoms with Crippen molar-refractivity contribution in [3.63, 3.8) is 0 Å². The number of piperidine rings is 1. The third kappa shape index (κ3) is 3.95. The molecule has 9 heteroatoms. The number of sulfonamides is 1. The van der Waals surface area contributed by atoms with Crippen molar-refractivity contribution >= 4 is 38.9 Å². The molecule has 2 rings (SSSR count). The van der Waals surface area contributed by atoms with Crippen LogP contribution in [0.15, 0.2) is 16.3 Å². The first kappa shape index (κ1) is 16.7. The van der Waals surface area contributed by atoms with Gasteiger partial charge in [0.25, 0.3) is 10.0 Å². The molecule has 118 valence electrons. The standard InChI is InChI=1S/C12H17ClN2O4S2/c1-14(8-11(16)17)9-4-6-15(7-5-9)21(18,19)12-3-2-10(13)20-12/h2-3,9H,4-8H2,1H3,(H,16,17). The number of carboxylic acids is 1. The van der Waals surface area contributed by atoms with Crippen LogP contribution in [0.3, 0.4) is 0 Å². The second-order valence-electron chi connectivity index (χ2n) is 5.00. The molecular weight excluding hydrogens is 336 g/mol. The van der Waals surface area contributed by atoms with Crippen molar-refractivity contribution in [1.29, 1.82) is 0 Å². The zero-order chi connectivity index (χ0) is 15.6. The largest absolute Gasteiger partial charge is 0.480 e. The van der Waals surface area contributed by atoms with Gasteiger partial charge < -0.3 is 5.11 Å². The summed E-state index contributed by atoms with van der Waals surface area (Å²) in [7, 11) is -1.73. The van der Waals surface area contributed by atoms with Gasteiger partial charge in [0.05, 0.1) is 10.9 Å². The van der Waals surface area contributed by atoms with Crippen LogP contribution >= 0.6 is 22.9 Å². The van der Waals surface area contributed by atoms with Crippen molar-refractivity contribution in [3.05, 3.63) is 16.5 Å². The highest BCUT2D eigenvalue weighted by Gasteiger charge is 2.31. The van der Waals surface area contributed by atoms with E-state index in [1.165, 1.54) is 10.4 Å². The number of carbonyl (C=O) groups is 1. The summed E-state index contributed by atoms with van der Waals surface area (Å²) in [6.45, 7) is 0.761. The molecule has 1 saturated heterocycles. The third-order valence-electron chi connectivity index (χ3n) is 3.57. The molecule has 0 spiro atoms. The van der Waals surface area contributed by atoms with Gasteiger partial charge in [-0.2, -0.15) is 4.31 Å². The normalized spacial score (nSPS) is 18.2. The number of halogens is 1. The van der Waals surface area contributed by atoms with Crippen molar-refractivity contribution < 1.29 is 18.3 Å². The second-order valence-corrected chi connectivity index (χ2v) is 8.88. The molecule has 2 heterocycles. The zero-order valence-corrected chi connectivity index (χ0v) is 13.9. The zero-order valence-electron chi connectivity index (χ0n) is 11.5. The molecule has 6 nitrogen and oxygen atoms in total. The summed E-state index contributed by atoms with van der Waals surface area (Å²) in [4.78, 5) is 12.5. The molecule has 0 unspecified atom stereocenters. The van der Waals surface area contributed by atoms with Crippen LogP contribution in [0.25, 0.3) is 0 Å². The molecule has 1 N–H and O–H groups in total. The van der Waals surface area contributed by atoms with Crippen LogP contribution in [-0.4, -0.2) is 61.4 Å². The van der Waals surface area contributed by atoms with Gasteiger partial charge in [0.1, 0.15) is 4.21 Å². The number of hydrogen-bond acceptors (Lipinski definition) is 5. The lowest BCUT2D eigenvalue weighted by Gasteiger charge is -2.35. The number of aliphatic carboxylic acids is 1.